The van der Waals surface area contributed by atoms with Gasteiger partial charge >= 0.3 is 0 Å². The summed E-state index contributed by atoms with van der Waals surface area (Å²) < 4.78 is 24.4. The van der Waals surface area contributed by atoms with Crippen molar-refractivity contribution in [3.8, 4) is 0 Å². The maximum atomic E-state index is 12.0. The highest BCUT2D eigenvalue weighted by atomic mass is 35.5. The Hall–Kier alpha value is -0.370. The molecule has 6 nitrogen and oxygen atoms in total. The zero-order chi connectivity index (χ0) is 12.6. The van der Waals surface area contributed by atoms with Crippen LogP contribution in [0, 0.1) is 5.92 Å². The van der Waals surface area contributed by atoms with Crippen molar-refractivity contribution in [2.75, 3.05) is 39.0 Å². The molecule has 0 spiro atoms. The van der Waals surface area contributed by atoms with E-state index in [1.54, 1.807) is 4.90 Å². The number of piperazine rings is 1. The van der Waals surface area contributed by atoms with Crippen molar-refractivity contribution in [1.29, 1.82) is 0 Å². The number of hydrogen-bond acceptors (Lipinski definition) is 4. The van der Waals surface area contributed by atoms with Crippen molar-refractivity contribution >= 4 is 28.3 Å². The summed E-state index contributed by atoms with van der Waals surface area (Å²) in [5.74, 6) is 0.246. The van der Waals surface area contributed by atoms with Crippen LogP contribution in [0.4, 0.5) is 0 Å². The Bertz CT molecular complexity index is 411. The molecule has 18 heavy (non-hydrogen) atoms. The lowest BCUT2D eigenvalue weighted by Crippen LogP contribution is -2.59. The molecule has 106 valence electrons. The molecule has 0 aromatic rings. The first-order valence-electron chi connectivity index (χ1n) is 5.86. The highest BCUT2D eigenvalue weighted by Gasteiger charge is 2.35. The molecule has 0 aromatic heterocycles. The number of hydrogen-bond donors (Lipinski definition) is 1. The van der Waals surface area contributed by atoms with Crippen LogP contribution < -0.4 is 5.32 Å². The Morgan fingerprint density at radius 1 is 1.28 bits per heavy atom. The molecule has 0 bridgehead atoms. The molecule has 2 saturated heterocycles. The molecule has 0 unspecified atom stereocenters. The monoisotopic (exact) mass is 297 g/mol. The van der Waals surface area contributed by atoms with Crippen LogP contribution >= 0.6 is 12.4 Å². The van der Waals surface area contributed by atoms with Crippen LogP contribution in [0.5, 0.6) is 0 Å². The Labute approximate surface area is 114 Å². The number of halogens is 1. The van der Waals surface area contributed by atoms with Crippen LogP contribution in [0.1, 0.15) is 6.92 Å². The Kier molecular flexibility index (Phi) is 4.99. The van der Waals surface area contributed by atoms with Crippen molar-refractivity contribution in [3.63, 3.8) is 0 Å². The quantitative estimate of drug-likeness (QED) is 0.719. The topological polar surface area (TPSA) is 69.7 Å². The second-order valence-corrected chi connectivity index (χ2v) is 6.80. The molecule has 0 aliphatic carbocycles. The van der Waals surface area contributed by atoms with Crippen LogP contribution in [0.3, 0.4) is 0 Å². The molecule has 0 aromatic carbocycles. The van der Waals surface area contributed by atoms with Gasteiger partial charge in [-0.15, -0.1) is 12.4 Å². The third kappa shape index (κ3) is 3.14. The van der Waals surface area contributed by atoms with Gasteiger partial charge in [-0.1, -0.05) is 0 Å². The highest BCUT2D eigenvalue weighted by Crippen LogP contribution is 2.16. The zero-order valence-electron chi connectivity index (χ0n) is 10.6. The number of carbonyl (C=O) groups excluding carboxylic acids is 1. The van der Waals surface area contributed by atoms with E-state index in [0.29, 0.717) is 19.6 Å². The van der Waals surface area contributed by atoms with Crippen LogP contribution in [0.2, 0.25) is 0 Å². The van der Waals surface area contributed by atoms with Gasteiger partial charge in [0, 0.05) is 38.8 Å². The molecule has 2 aliphatic rings. The third-order valence-electron chi connectivity index (χ3n) is 3.43. The van der Waals surface area contributed by atoms with E-state index in [4.69, 9.17) is 0 Å². The van der Waals surface area contributed by atoms with Gasteiger partial charge in [-0.3, -0.25) is 4.79 Å². The van der Waals surface area contributed by atoms with Gasteiger partial charge in [-0.2, -0.15) is 4.31 Å². The maximum Gasteiger partial charge on any atom is 0.228 e. The van der Waals surface area contributed by atoms with E-state index in [2.05, 4.69) is 5.32 Å². The summed E-state index contributed by atoms with van der Waals surface area (Å²) in [5.41, 5.74) is 0. The van der Waals surface area contributed by atoms with E-state index in [1.807, 2.05) is 6.92 Å². The molecule has 2 fully saturated rings. The normalized spacial score (nSPS) is 26.3. The lowest BCUT2D eigenvalue weighted by molar-refractivity contribution is -0.139. The van der Waals surface area contributed by atoms with Gasteiger partial charge in [0.25, 0.3) is 0 Å². The second-order valence-electron chi connectivity index (χ2n) is 4.86. The predicted octanol–water partition coefficient (Wildman–Crippen LogP) is -0.880. The minimum absolute atomic E-state index is 0. The number of amides is 1. The molecule has 8 heteroatoms. The van der Waals surface area contributed by atoms with Crippen molar-refractivity contribution < 1.29 is 13.2 Å². The summed E-state index contributed by atoms with van der Waals surface area (Å²) >= 11 is 0. The van der Waals surface area contributed by atoms with Gasteiger partial charge in [-0.25, -0.2) is 8.42 Å². The molecule has 1 N–H and O–H groups in total. The van der Waals surface area contributed by atoms with Crippen LogP contribution in [0.25, 0.3) is 0 Å². The second kappa shape index (κ2) is 5.73. The molecular formula is C10H20ClN3O3S. The smallest absolute Gasteiger partial charge is 0.228 e. The summed E-state index contributed by atoms with van der Waals surface area (Å²) in [7, 11) is -3.15. The third-order valence-corrected chi connectivity index (χ3v) is 4.83. The summed E-state index contributed by atoms with van der Waals surface area (Å²) in [6.45, 7) is 4.76. The van der Waals surface area contributed by atoms with E-state index in [-0.39, 0.29) is 30.3 Å². The zero-order valence-corrected chi connectivity index (χ0v) is 12.3. The van der Waals surface area contributed by atoms with Gasteiger partial charge in [0.2, 0.25) is 15.9 Å². The number of rotatable bonds is 2. The summed E-state index contributed by atoms with van der Waals surface area (Å²) in [5, 5.41) is 3.07. The molecule has 0 radical (unpaired) electrons. The lowest BCUT2D eigenvalue weighted by Gasteiger charge is -2.41. The van der Waals surface area contributed by atoms with Crippen molar-refractivity contribution in [2.45, 2.75) is 13.0 Å². The Balaban J connectivity index is 0.00000162. The number of nitrogens with zero attached hydrogens (tertiary/aromatic N) is 2. The first-order valence-corrected chi connectivity index (χ1v) is 7.70. The first kappa shape index (κ1) is 15.7. The number of sulfonamides is 1. The Morgan fingerprint density at radius 2 is 1.89 bits per heavy atom. The molecule has 2 rings (SSSR count). The lowest BCUT2D eigenvalue weighted by atomic mass is 10.0. The van der Waals surface area contributed by atoms with Crippen LogP contribution in [0.15, 0.2) is 0 Å². The molecule has 2 aliphatic heterocycles. The predicted molar refractivity (Wildman–Crippen MR) is 71.2 cm³/mol. The Morgan fingerprint density at radius 3 is 2.28 bits per heavy atom. The van der Waals surface area contributed by atoms with Crippen LogP contribution in [-0.2, 0) is 14.8 Å². The van der Waals surface area contributed by atoms with E-state index in [1.165, 1.54) is 10.6 Å². The average molecular weight is 298 g/mol. The van der Waals surface area contributed by atoms with E-state index in [0.717, 1.165) is 13.1 Å². The van der Waals surface area contributed by atoms with Gasteiger partial charge in [0.15, 0.2) is 0 Å². The molecule has 2 heterocycles. The summed E-state index contributed by atoms with van der Waals surface area (Å²) in [6, 6.07) is -0.129. The minimum Gasteiger partial charge on any atom is -0.339 e. The van der Waals surface area contributed by atoms with Gasteiger partial charge in [0.05, 0.1) is 12.2 Å². The van der Waals surface area contributed by atoms with Gasteiger partial charge in [0.1, 0.15) is 0 Å². The van der Waals surface area contributed by atoms with Crippen molar-refractivity contribution in [3.05, 3.63) is 0 Å². The van der Waals surface area contributed by atoms with E-state index < -0.39 is 10.0 Å². The average Bonchev–Trinajstić information content (AvgIpc) is 2.12. The first-order chi connectivity index (χ1) is 7.89. The largest absolute Gasteiger partial charge is 0.339 e. The summed E-state index contributed by atoms with van der Waals surface area (Å²) in [6.07, 6.45) is 1.22. The minimum atomic E-state index is -3.15. The SMILES string of the molecule is C[C@H]1CN(C(=O)C2CNC2)CCN1S(C)(=O)=O.Cl. The van der Waals surface area contributed by atoms with Crippen molar-refractivity contribution in [2.24, 2.45) is 5.92 Å². The van der Waals surface area contributed by atoms with E-state index >= 15 is 0 Å². The maximum absolute atomic E-state index is 12.0. The van der Waals surface area contributed by atoms with Gasteiger partial charge in [-0.05, 0) is 6.92 Å². The standard InChI is InChI=1S/C10H19N3O3S.ClH/c1-8-7-12(10(14)9-5-11-6-9)3-4-13(8)17(2,15)16;/h8-9,11H,3-7H2,1-2H3;1H/t8-;/m0./s1. The summed E-state index contributed by atoms with van der Waals surface area (Å²) in [4.78, 5) is 13.8. The van der Waals surface area contributed by atoms with Crippen molar-refractivity contribution in [1.82, 2.24) is 14.5 Å². The fraction of sp³-hybridized carbons (Fsp3) is 0.900. The number of carbonyl (C=O) groups is 1. The molecule has 1 amide bonds. The fourth-order valence-electron chi connectivity index (χ4n) is 2.36. The molecule has 1 atom stereocenters. The van der Waals surface area contributed by atoms with Gasteiger partial charge < -0.3 is 10.2 Å². The molecular weight excluding hydrogens is 278 g/mol. The molecule has 0 saturated carbocycles. The van der Waals surface area contributed by atoms with Crippen LogP contribution in [-0.4, -0.2) is 68.6 Å². The highest BCUT2D eigenvalue weighted by molar-refractivity contribution is 7.88. The van der Waals surface area contributed by atoms with E-state index in [9.17, 15) is 13.2 Å². The number of nitrogens with one attached hydrogen (secondary N) is 1. The fourth-order valence-corrected chi connectivity index (χ4v) is 3.49.